The molecule has 0 radical (unpaired) electrons. The van der Waals surface area contributed by atoms with Gasteiger partial charge in [0, 0.05) is 32.3 Å². The highest BCUT2D eigenvalue weighted by molar-refractivity contribution is 14.0. The second-order valence-electron chi connectivity index (χ2n) is 5.86. The number of nitro groups is 1. The molecular weight excluding hydrogens is 462 g/mol. The van der Waals surface area contributed by atoms with E-state index in [9.17, 15) is 14.5 Å². The summed E-state index contributed by atoms with van der Waals surface area (Å²) >= 11 is 0. The van der Waals surface area contributed by atoms with Crippen molar-refractivity contribution in [2.45, 2.75) is 25.8 Å². The Morgan fingerprint density at radius 2 is 1.67 bits per heavy atom. The average molecular weight is 486 g/mol. The van der Waals surface area contributed by atoms with E-state index in [-0.39, 0.29) is 35.5 Å². The molecule has 0 bridgehead atoms. The zero-order chi connectivity index (χ0) is 18.8. The van der Waals surface area contributed by atoms with Gasteiger partial charge < -0.3 is 10.6 Å². The molecule has 2 N–H and O–H groups in total. The molecule has 0 aliphatic rings. The molecule has 0 unspecified atom stereocenters. The van der Waals surface area contributed by atoms with Crippen LogP contribution in [0.1, 0.15) is 24.0 Å². The molecule has 0 saturated carbocycles. The summed E-state index contributed by atoms with van der Waals surface area (Å²) in [6.07, 6.45) is 2.80. The molecule has 8 heteroatoms. The molecule has 6 nitrogen and oxygen atoms in total. The van der Waals surface area contributed by atoms with Crippen molar-refractivity contribution in [2.75, 3.05) is 13.6 Å². The molecule has 0 amide bonds. The molecule has 0 aliphatic carbocycles. The van der Waals surface area contributed by atoms with Crippen LogP contribution in [0, 0.1) is 15.9 Å². The Bertz CT molecular complexity index is 736. The Morgan fingerprint density at radius 1 is 1.04 bits per heavy atom. The lowest BCUT2D eigenvalue weighted by Gasteiger charge is -2.12. The molecular formula is C19H24FIN4O2. The number of hydrogen-bond donors (Lipinski definition) is 2. The van der Waals surface area contributed by atoms with Crippen molar-refractivity contribution in [3.05, 3.63) is 75.6 Å². The number of nitrogens with one attached hydrogen (secondary N) is 2. The fraction of sp³-hybridized carbons (Fsp3) is 0.316. The van der Waals surface area contributed by atoms with Crippen LogP contribution in [0.3, 0.4) is 0 Å². The maximum absolute atomic E-state index is 12.9. The zero-order valence-corrected chi connectivity index (χ0v) is 17.5. The van der Waals surface area contributed by atoms with Crippen LogP contribution in [0.25, 0.3) is 0 Å². The topological polar surface area (TPSA) is 79.6 Å². The third-order valence-electron chi connectivity index (χ3n) is 3.93. The van der Waals surface area contributed by atoms with Crippen LogP contribution in [-0.2, 0) is 13.0 Å². The van der Waals surface area contributed by atoms with E-state index < -0.39 is 4.92 Å². The predicted octanol–water partition coefficient (Wildman–Crippen LogP) is 4.04. The first-order valence-electron chi connectivity index (χ1n) is 8.51. The van der Waals surface area contributed by atoms with Crippen LogP contribution in [0.4, 0.5) is 10.1 Å². The summed E-state index contributed by atoms with van der Waals surface area (Å²) in [5.41, 5.74) is 2.19. The summed E-state index contributed by atoms with van der Waals surface area (Å²) < 4.78 is 12.9. The molecule has 27 heavy (non-hydrogen) atoms. The molecule has 0 aromatic heterocycles. The molecule has 2 aromatic carbocycles. The third-order valence-corrected chi connectivity index (χ3v) is 3.93. The number of unbranched alkanes of at least 4 members (excludes halogenated alkanes) is 1. The molecule has 2 aromatic rings. The Balaban J connectivity index is 0.00000364. The SMILES string of the molecule is CN=C(NCCCCc1ccc([N+](=O)[O-])cc1)NCc1ccc(F)cc1.I. The van der Waals surface area contributed by atoms with Gasteiger partial charge in [-0.25, -0.2) is 4.39 Å². The van der Waals surface area contributed by atoms with Gasteiger partial charge in [-0.05, 0) is 42.5 Å². The van der Waals surface area contributed by atoms with Gasteiger partial charge in [-0.2, -0.15) is 0 Å². The van der Waals surface area contributed by atoms with E-state index in [2.05, 4.69) is 15.6 Å². The first kappa shape index (κ1) is 22.8. The first-order chi connectivity index (χ1) is 12.6. The van der Waals surface area contributed by atoms with Gasteiger partial charge in [0.05, 0.1) is 4.92 Å². The fourth-order valence-electron chi connectivity index (χ4n) is 2.45. The number of aryl methyl sites for hydroxylation is 1. The highest BCUT2D eigenvalue weighted by Gasteiger charge is 2.04. The summed E-state index contributed by atoms with van der Waals surface area (Å²) in [6, 6.07) is 13.0. The molecule has 0 atom stereocenters. The van der Waals surface area contributed by atoms with Gasteiger partial charge in [-0.15, -0.1) is 24.0 Å². The van der Waals surface area contributed by atoms with E-state index in [4.69, 9.17) is 0 Å². The predicted molar refractivity (Wildman–Crippen MR) is 116 cm³/mol. The maximum atomic E-state index is 12.9. The fourth-order valence-corrected chi connectivity index (χ4v) is 2.45. The Morgan fingerprint density at radius 3 is 2.26 bits per heavy atom. The van der Waals surface area contributed by atoms with Gasteiger partial charge in [-0.1, -0.05) is 24.3 Å². The summed E-state index contributed by atoms with van der Waals surface area (Å²) in [5.74, 6) is 0.453. The van der Waals surface area contributed by atoms with Crippen LogP contribution in [-0.4, -0.2) is 24.5 Å². The zero-order valence-electron chi connectivity index (χ0n) is 15.2. The molecule has 0 heterocycles. The molecule has 0 saturated heterocycles. The number of non-ortho nitro benzene ring substituents is 1. The van der Waals surface area contributed by atoms with E-state index in [0.29, 0.717) is 12.5 Å². The van der Waals surface area contributed by atoms with Crippen LogP contribution in [0.15, 0.2) is 53.5 Å². The quantitative estimate of drug-likeness (QED) is 0.148. The van der Waals surface area contributed by atoms with E-state index in [1.54, 1.807) is 31.3 Å². The van der Waals surface area contributed by atoms with Crippen LogP contribution >= 0.6 is 24.0 Å². The summed E-state index contributed by atoms with van der Waals surface area (Å²) in [7, 11) is 1.71. The van der Waals surface area contributed by atoms with Crippen molar-refractivity contribution >= 4 is 35.6 Å². The van der Waals surface area contributed by atoms with E-state index in [1.807, 2.05) is 0 Å². The highest BCUT2D eigenvalue weighted by Crippen LogP contribution is 2.13. The lowest BCUT2D eigenvalue weighted by Crippen LogP contribution is -2.37. The Labute approximate surface area is 175 Å². The van der Waals surface area contributed by atoms with Crippen molar-refractivity contribution < 1.29 is 9.31 Å². The minimum atomic E-state index is -0.391. The van der Waals surface area contributed by atoms with Crippen LogP contribution < -0.4 is 10.6 Å². The maximum Gasteiger partial charge on any atom is 0.269 e. The number of nitro benzene ring substituents is 1. The lowest BCUT2D eigenvalue weighted by molar-refractivity contribution is -0.384. The van der Waals surface area contributed by atoms with Crippen LogP contribution in [0.5, 0.6) is 0 Å². The monoisotopic (exact) mass is 486 g/mol. The van der Waals surface area contributed by atoms with Crippen molar-refractivity contribution in [2.24, 2.45) is 4.99 Å². The van der Waals surface area contributed by atoms with E-state index in [0.717, 1.165) is 36.9 Å². The highest BCUT2D eigenvalue weighted by atomic mass is 127. The van der Waals surface area contributed by atoms with Crippen LogP contribution in [0.2, 0.25) is 0 Å². The molecule has 0 fully saturated rings. The minimum Gasteiger partial charge on any atom is -0.356 e. The Hall–Kier alpha value is -2.23. The number of hydrogen-bond acceptors (Lipinski definition) is 3. The van der Waals surface area contributed by atoms with E-state index in [1.165, 1.54) is 24.3 Å². The second-order valence-corrected chi connectivity index (χ2v) is 5.86. The molecule has 2 rings (SSSR count). The number of rotatable bonds is 8. The van der Waals surface area contributed by atoms with Gasteiger partial charge in [0.15, 0.2) is 5.96 Å². The summed E-state index contributed by atoms with van der Waals surface area (Å²) in [6.45, 7) is 1.35. The van der Waals surface area contributed by atoms with Gasteiger partial charge >= 0.3 is 0 Å². The number of halogens is 2. The molecule has 0 aliphatic heterocycles. The van der Waals surface area contributed by atoms with Gasteiger partial charge in [0.1, 0.15) is 5.82 Å². The standard InChI is InChI=1S/C19H23FN4O2.HI/c1-21-19(23-14-16-5-9-17(20)10-6-16)22-13-3-2-4-15-7-11-18(12-8-15)24(25)26;/h5-12H,2-4,13-14H2,1H3,(H2,21,22,23);1H. The van der Waals surface area contributed by atoms with Crippen molar-refractivity contribution in [3.63, 3.8) is 0 Å². The number of benzene rings is 2. The van der Waals surface area contributed by atoms with Crippen molar-refractivity contribution in [1.29, 1.82) is 0 Å². The smallest absolute Gasteiger partial charge is 0.269 e. The minimum absolute atomic E-state index is 0. The number of guanidine groups is 1. The Kier molecular flexibility index (Phi) is 10.3. The third kappa shape index (κ3) is 8.33. The van der Waals surface area contributed by atoms with E-state index >= 15 is 0 Å². The normalized spacial score (nSPS) is 10.8. The number of aliphatic imine (C=N–C) groups is 1. The largest absolute Gasteiger partial charge is 0.356 e. The van der Waals surface area contributed by atoms with Crippen molar-refractivity contribution in [1.82, 2.24) is 10.6 Å². The van der Waals surface area contributed by atoms with Gasteiger partial charge in [0.2, 0.25) is 0 Å². The summed E-state index contributed by atoms with van der Waals surface area (Å²) in [4.78, 5) is 14.4. The van der Waals surface area contributed by atoms with Gasteiger partial charge in [-0.3, -0.25) is 15.1 Å². The second kappa shape index (κ2) is 12.2. The lowest BCUT2D eigenvalue weighted by atomic mass is 10.1. The van der Waals surface area contributed by atoms with Crippen molar-refractivity contribution in [3.8, 4) is 0 Å². The van der Waals surface area contributed by atoms with Gasteiger partial charge in [0.25, 0.3) is 5.69 Å². The summed E-state index contributed by atoms with van der Waals surface area (Å²) in [5, 5.41) is 17.0. The average Bonchev–Trinajstić information content (AvgIpc) is 2.65. The molecule has 0 spiro atoms. The number of nitrogens with zero attached hydrogens (tertiary/aromatic N) is 2. The molecule has 146 valence electrons. The first-order valence-corrected chi connectivity index (χ1v) is 8.51.